The van der Waals surface area contributed by atoms with E-state index in [1.807, 2.05) is 20.8 Å². The summed E-state index contributed by atoms with van der Waals surface area (Å²) in [7, 11) is 0. The Morgan fingerprint density at radius 3 is 2.74 bits per heavy atom. The highest BCUT2D eigenvalue weighted by atomic mass is 32.2. The van der Waals surface area contributed by atoms with Crippen LogP contribution in [0, 0.1) is 0 Å². The van der Waals surface area contributed by atoms with Crippen LogP contribution in [-0.4, -0.2) is 48.5 Å². The third kappa shape index (κ3) is 5.25. The number of tetrazole rings is 1. The van der Waals surface area contributed by atoms with Crippen LogP contribution in [0.4, 0.5) is 0 Å². The smallest absolute Gasteiger partial charge is 0.325 e. The molecular formula is C10H17N5O3S. The average Bonchev–Trinajstić information content (AvgIpc) is 2.72. The topological polar surface area (TPSA) is 110 Å². The molecule has 0 bridgehead atoms. The van der Waals surface area contributed by atoms with Crippen LogP contribution in [0.1, 0.15) is 27.2 Å². The first-order valence-electron chi connectivity index (χ1n) is 5.76. The lowest BCUT2D eigenvalue weighted by molar-refractivity contribution is -0.138. The van der Waals surface area contributed by atoms with Gasteiger partial charge in [-0.25, -0.2) is 4.68 Å². The van der Waals surface area contributed by atoms with Gasteiger partial charge in [0, 0.05) is 5.54 Å². The molecule has 0 unspecified atom stereocenters. The van der Waals surface area contributed by atoms with Crippen molar-refractivity contribution in [1.82, 2.24) is 25.5 Å². The van der Waals surface area contributed by atoms with E-state index in [2.05, 4.69) is 20.8 Å². The molecule has 0 aliphatic rings. The van der Waals surface area contributed by atoms with E-state index < -0.39 is 5.97 Å². The van der Waals surface area contributed by atoms with E-state index in [9.17, 15) is 9.59 Å². The van der Waals surface area contributed by atoms with Gasteiger partial charge in [0.15, 0.2) is 0 Å². The van der Waals surface area contributed by atoms with Gasteiger partial charge in [0.2, 0.25) is 11.1 Å². The van der Waals surface area contributed by atoms with Gasteiger partial charge in [-0.2, -0.15) is 0 Å². The Labute approximate surface area is 114 Å². The molecule has 1 aromatic heterocycles. The quantitative estimate of drug-likeness (QED) is 0.687. The Bertz CT molecular complexity index is 460. The monoisotopic (exact) mass is 287 g/mol. The number of hydrogen-bond donors (Lipinski definition) is 2. The van der Waals surface area contributed by atoms with Crippen molar-refractivity contribution in [2.24, 2.45) is 0 Å². The summed E-state index contributed by atoms with van der Waals surface area (Å²) < 4.78 is 1.14. The molecule has 0 radical (unpaired) electrons. The molecule has 0 atom stereocenters. The number of carboxylic acids is 1. The average molecular weight is 287 g/mol. The lowest BCUT2D eigenvalue weighted by Gasteiger charge is -2.24. The van der Waals surface area contributed by atoms with Crippen molar-refractivity contribution in [2.45, 2.75) is 44.4 Å². The third-order valence-electron chi connectivity index (χ3n) is 2.48. The molecule has 0 aromatic carbocycles. The number of nitrogens with zero attached hydrogens (tertiary/aromatic N) is 4. The molecule has 1 amide bonds. The van der Waals surface area contributed by atoms with Gasteiger partial charge in [0.1, 0.15) is 6.54 Å². The van der Waals surface area contributed by atoms with E-state index in [-0.39, 0.29) is 23.7 Å². The molecular weight excluding hydrogens is 270 g/mol. The highest BCUT2D eigenvalue weighted by molar-refractivity contribution is 7.99. The Balaban J connectivity index is 2.51. The lowest BCUT2D eigenvalue weighted by atomic mass is 10.0. The Morgan fingerprint density at radius 2 is 2.16 bits per heavy atom. The molecule has 0 saturated heterocycles. The molecule has 2 N–H and O–H groups in total. The van der Waals surface area contributed by atoms with Crippen LogP contribution in [0.15, 0.2) is 5.16 Å². The van der Waals surface area contributed by atoms with Gasteiger partial charge in [0.25, 0.3) is 0 Å². The molecule has 1 heterocycles. The highest BCUT2D eigenvalue weighted by Gasteiger charge is 2.19. The molecule has 9 heteroatoms. The number of hydrogen-bond acceptors (Lipinski definition) is 6. The molecule has 19 heavy (non-hydrogen) atoms. The summed E-state index contributed by atoms with van der Waals surface area (Å²) >= 11 is 1.11. The summed E-state index contributed by atoms with van der Waals surface area (Å²) in [5.41, 5.74) is -0.259. The van der Waals surface area contributed by atoms with Crippen molar-refractivity contribution in [3.05, 3.63) is 0 Å². The van der Waals surface area contributed by atoms with Gasteiger partial charge in [-0.1, -0.05) is 18.7 Å². The van der Waals surface area contributed by atoms with Crippen molar-refractivity contribution < 1.29 is 14.7 Å². The number of carbonyl (C=O) groups excluding carboxylic acids is 1. The minimum atomic E-state index is -1.04. The van der Waals surface area contributed by atoms with Crippen molar-refractivity contribution in [3.8, 4) is 0 Å². The van der Waals surface area contributed by atoms with Crippen LogP contribution in [-0.2, 0) is 16.1 Å². The minimum Gasteiger partial charge on any atom is -0.480 e. The van der Waals surface area contributed by atoms with Gasteiger partial charge in [0.05, 0.1) is 5.75 Å². The fraction of sp³-hybridized carbons (Fsp3) is 0.700. The van der Waals surface area contributed by atoms with Crippen molar-refractivity contribution in [3.63, 3.8) is 0 Å². The zero-order valence-corrected chi connectivity index (χ0v) is 11.9. The van der Waals surface area contributed by atoms with Crippen LogP contribution in [0.2, 0.25) is 0 Å². The third-order valence-corrected chi connectivity index (χ3v) is 3.44. The van der Waals surface area contributed by atoms with Gasteiger partial charge in [-0.05, 0) is 30.7 Å². The van der Waals surface area contributed by atoms with Gasteiger partial charge < -0.3 is 10.4 Å². The summed E-state index contributed by atoms with van der Waals surface area (Å²) in [5, 5.41) is 22.5. The number of aliphatic carboxylic acids is 1. The number of carbonyl (C=O) groups is 2. The number of amides is 1. The predicted octanol–water partition coefficient (Wildman–Crippen LogP) is 0.155. The van der Waals surface area contributed by atoms with Crippen LogP contribution in [0.25, 0.3) is 0 Å². The van der Waals surface area contributed by atoms with Crippen molar-refractivity contribution in [2.75, 3.05) is 5.75 Å². The number of carboxylic acid groups (broad SMARTS) is 1. The van der Waals surface area contributed by atoms with E-state index in [0.717, 1.165) is 22.9 Å². The first-order valence-corrected chi connectivity index (χ1v) is 6.74. The maximum Gasteiger partial charge on any atom is 0.325 e. The van der Waals surface area contributed by atoms with Gasteiger partial charge >= 0.3 is 5.97 Å². The van der Waals surface area contributed by atoms with Crippen LogP contribution in [0.3, 0.4) is 0 Å². The molecule has 106 valence electrons. The number of thioether (sulfide) groups is 1. The normalized spacial score (nSPS) is 11.3. The number of nitrogens with one attached hydrogen (secondary N) is 1. The molecule has 0 spiro atoms. The van der Waals surface area contributed by atoms with Crippen molar-refractivity contribution in [1.29, 1.82) is 0 Å². The predicted molar refractivity (Wildman–Crippen MR) is 68.7 cm³/mol. The summed E-state index contributed by atoms with van der Waals surface area (Å²) in [6.45, 7) is 5.53. The molecule has 1 rings (SSSR count). The zero-order valence-electron chi connectivity index (χ0n) is 11.1. The highest BCUT2D eigenvalue weighted by Crippen LogP contribution is 2.14. The second kappa shape index (κ2) is 6.50. The fourth-order valence-electron chi connectivity index (χ4n) is 1.16. The molecule has 0 fully saturated rings. The van der Waals surface area contributed by atoms with Crippen LogP contribution < -0.4 is 5.32 Å². The summed E-state index contributed by atoms with van der Waals surface area (Å²) in [6, 6.07) is 0. The second-order valence-corrected chi connectivity index (χ2v) is 5.53. The maximum atomic E-state index is 11.7. The molecule has 8 nitrogen and oxygen atoms in total. The molecule has 1 aromatic rings. The Kier molecular flexibility index (Phi) is 5.28. The Morgan fingerprint density at radius 1 is 1.47 bits per heavy atom. The molecule has 0 aliphatic carbocycles. The molecule has 0 aliphatic heterocycles. The largest absolute Gasteiger partial charge is 0.480 e. The summed E-state index contributed by atoms with van der Waals surface area (Å²) in [6.07, 6.45) is 0.820. The molecule has 0 saturated carbocycles. The van der Waals surface area contributed by atoms with Crippen LogP contribution >= 0.6 is 11.8 Å². The summed E-state index contributed by atoms with van der Waals surface area (Å²) in [5.74, 6) is -1.03. The second-order valence-electron chi connectivity index (χ2n) is 4.59. The minimum absolute atomic E-state index is 0.137. The van der Waals surface area contributed by atoms with E-state index >= 15 is 0 Å². The SMILES string of the molecule is CCC(C)(C)NC(=O)CSc1nnnn1CC(=O)O. The standard InChI is InChI=1S/C10H17N5O3S/c1-4-10(2,3)11-7(16)6-19-9-12-13-14-15(9)5-8(17)18/h4-6H2,1-3H3,(H,11,16)(H,17,18). The fourth-order valence-corrected chi connectivity index (χ4v) is 1.84. The van der Waals surface area contributed by atoms with Crippen LogP contribution in [0.5, 0.6) is 0 Å². The van der Waals surface area contributed by atoms with E-state index in [1.54, 1.807) is 0 Å². The van der Waals surface area contributed by atoms with E-state index in [1.165, 1.54) is 0 Å². The van der Waals surface area contributed by atoms with E-state index in [0.29, 0.717) is 5.16 Å². The first-order chi connectivity index (χ1) is 8.84. The Hall–Kier alpha value is -1.64. The number of rotatable bonds is 7. The maximum absolute atomic E-state index is 11.7. The zero-order chi connectivity index (χ0) is 14.5. The van der Waals surface area contributed by atoms with Crippen molar-refractivity contribution >= 4 is 23.6 Å². The van der Waals surface area contributed by atoms with Gasteiger partial charge in [-0.15, -0.1) is 5.10 Å². The number of aromatic nitrogens is 4. The lowest BCUT2D eigenvalue weighted by Crippen LogP contribution is -2.43. The van der Waals surface area contributed by atoms with E-state index in [4.69, 9.17) is 5.11 Å². The first kappa shape index (κ1) is 15.4. The van der Waals surface area contributed by atoms with Gasteiger partial charge in [-0.3, -0.25) is 9.59 Å². The summed E-state index contributed by atoms with van der Waals surface area (Å²) in [4.78, 5) is 22.3.